The summed E-state index contributed by atoms with van der Waals surface area (Å²) in [6.45, 7) is 18.1. The summed E-state index contributed by atoms with van der Waals surface area (Å²) < 4.78 is 13.0. The Morgan fingerprint density at radius 3 is 1.72 bits per heavy atom. The molecule has 0 unspecified atom stereocenters. The minimum atomic E-state index is -1.65. The number of ether oxygens (including phenoxy) is 2. The van der Waals surface area contributed by atoms with Gasteiger partial charge in [-0.3, -0.25) is 0 Å². The number of rotatable bonds is 8. The van der Waals surface area contributed by atoms with Crippen molar-refractivity contribution in [3.8, 4) is 0 Å². The van der Waals surface area contributed by atoms with Gasteiger partial charge in [-0.25, -0.2) is 0 Å². The second kappa shape index (κ2) is 10.0. The van der Waals surface area contributed by atoms with E-state index in [2.05, 4.69) is 32.9 Å². The molecule has 180 valence electrons. The SMILES string of the molecule is CC[Si](CC)(CC)[C@H]1CC(C(=O)OC(C)(C)C)(C(=O)OC(C)(C)C)[C@@H]1[Se]c1ccccc1. The Labute approximate surface area is 202 Å². The van der Waals surface area contributed by atoms with E-state index < -0.39 is 36.6 Å². The number of esters is 2. The number of hydrogen-bond acceptors (Lipinski definition) is 4. The van der Waals surface area contributed by atoms with Gasteiger partial charge in [-0.1, -0.05) is 0 Å². The van der Waals surface area contributed by atoms with Crippen LogP contribution in [0.1, 0.15) is 68.7 Å². The summed E-state index contributed by atoms with van der Waals surface area (Å²) in [5.41, 5.74) is -2.10. The first-order valence-electron chi connectivity index (χ1n) is 11.9. The third kappa shape index (κ3) is 5.68. The zero-order chi connectivity index (χ0) is 24.4. The number of benzene rings is 1. The van der Waals surface area contributed by atoms with E-state index in [9.17, 15) is 9.59 Å². The summed E-state index contributed by atoms with van der Waals surface area (Å²) in [5.74, 6) is -0.797. The first-order chi connectivity index (χ1) is 14.7. The van der Waals surface area contributed by atoms with Crippen LogP contribution in [0.25, 0.3) is 0 Å². The van der Waals surface area contributed by atoms with Gasteiger partial charge in [0.1, 0.15) is 0 Å². The molecule has 0 bridgehead atoms. The van der Waals surface area contributed by atoms with Crippen molar-refractivity contribution in [2.45, 2.75) is 108 Å². The summed E-state index contributed by atoms with van der Waals surface area (Å²) >= 11 is -0.0320. The molecule has 0 saturated heterocycles. The van der Waals surface area contributed by atoms with Gasteiger partial charge in [0.2, 0.25) is 0 Å². The van der Waals surface area contributed by atoms with Gasteiger partial charge in [-0.15, -0.1) is 0 Å². The Morgan fingerprint density at radius 1 is 0.906 bits per heavy atom. The molecule has 1 saturated carbocycles. The molecule has 0 aromatic heterocycles. The quantitative estimate of drug-likeness (QED) is 0.246. The topological polar surface area (TPSA) is 52.6 Å². The number of hydrogen-bond donors (Lipinski definition) is 0. The average Bonchev–Trinajstić information content (AvgIpc) is 2.67. The second-order valence-corrected chi connectivity index (χ2v) is 19.2. The first kappa shape index (κ1) is 27.1. The van der Waals surface area contributed by atoms with Crippen molar-refractivity contribution in [3.63, 3.8) is 0 Å². The molecule has 0 N–H and O–H groups in total. The van der Waals surface area contributed by atoms with Crippen LogP contribution in [0.5, 0.6) is 0 Å². The molecular weight excluding hydrogens is 483 g/mol. The van der Waals surface area contributed by atoms with Crippen LogP contribution in [-0.2, 0) is 19.1 Å². The van der Waals surface area contributed by atoms with Crippen LogP contribution in [0.4, 0.5) is 0 Å². The standard InChI is InChI=1S/C26H42O4SeSi/c1-10-32(11-2,12-3)20-18-26(22(27)29-24(4,5)6,23(28)30-25(7,8)9)21(20)31-19-16-14-13-15-17-19/h13-17,20-21H,10-12,18H2,1-9H3/t20-,21+/m0/s1. The van der Waals surface area contributed by atoms with Gasteiger partial charge < -0.3 is 0 Å². The third-order valence-corrected chi connectivity index (χ3v) is 16.9. The fourth-order valence-electron chi connectivity index (χ4n) is 4.88. The Kier molecular flexibility index (Phi) is 8.51. The number of carbonyl (C=O) groups excluding carboxylic acids is 2. The molecule has 6 heteroatoms. The maximum atomic E-state index is 13.7. The van der Waals surface area contributed by atoms with Crippen molar-refractivity contribution < 1.29 is 19.1 Å². The van der Waals surface area contributed by atoms with Crippen LogP contribution in [-0.4, -0.2) is 46.2 Å². The van der Waals surface area contributed by atoms with Crippen LogP contribution in [0.3, 0.4) is 0 Å². The van der Waals surface area contributed by atoms with E-state index >= 15 is 0 Å². The fraction of sp³-hybridized carbons (Fsp3) is 0.692. The molecule has 1 aliphatic carbocycles. The van der Waals surface area contributed by atoms with Gasteiger partial charge in [-0.2, -0.15) is 0 Å². The van der Waals surface area contributed by atoms with E-state index in [1.807, 2.05) is 59.7 Å². The summed E-state index contributed by atoms with van der Waals surface area (Å²) in [5, 5.41) is 0. The second-order valence-electron chi connectivity index (χ2n) is 11.1. The molecule has 0 spiro atoms. The summed E-state index contributed by atoms with van der Waals surface area (Å²) in [6, 6.07) is 13.8. The third-order valence-electron chi connectivity index (χ3n) is 6.82. The van der Waals surface area contributed by atoms with Crippen LogP contribution in [0.15, 0.2) is 30.3 Å². The van der Waals surface area contributed by atoms with Gasteiger partial charge in [-0.05, 0) is 0 Å². The Balaban J connectivity index is 2.60. The molecule has 0 radical (unpaired) electrons. The predicted octanol–water partition coefficient (Wildman–Crippen LogP) is 5.76. The molecular formula is C26H42O4SeSi. The number of carbonyl (C=O) groups is 2. The van der Waals surface area contributed by atoms with Crippen molar-refractivity contribution in [2.75, 3.05) is 0 Å². The van der Waals surface area contributed by atoms with E-state index in [0.29, 0.717) is 12.0 Å². The van der Waals surface area contributed by atoms with Crippen LogP contribution in [0.2, 0.25) is 28.5 Å². The summed E-state index contributed by atoms with van der Waals surface area (Å²) in [4.78, 5) is 27.4. The van der Waals surface area contributed by atoms with Gasteiger partial charge in [0.15, 0.2) is 0 Å². The molecule has 0 aliphatic heterocycles. The monoisotopic (exact) mass is 526 g/mol. The van der Waals surface area contributed by atoms with Crippen molar-refractivity contribution in [3.05, 3.63) is 30.3 Å². The first-order valence-corrected chi connectivity index (χ1v) is 16.5. The zero-order valence-electron chi connectivity index (χ0n) is 21.4. The summed E-state index contributed by atoms with van der Waals surface area (Å²) in [6.07, 6.45) is 0.567. The molecule has 0 amide bonds. The molecule has 1 aromatic carbocycles. The van der Waals surface area contributed by atoms with E-state index in [1.165, 1.54) is 22.6 Å². The molecule has 1 aliphatic rings. The molecule has 4 nitrogen and oxygen atoms in total. The molecule has 1 aromatic rings. The van der Waals surface area contributed by atoms with Crippen LogP contribution < -0.4 is 4.46 Å². The Morgan fingerprint density at radius 2 is 1.34 bits per heavy atom. The maximum absolute atomic E-state index is 13.7. The molecule has 2 rings (SSSR count). The normalized spacial score (nSPS) is 20.9. The summed E-state index contributed by atoms with van der Waals surface area (Å²) in [7, 11) is -1.65. The van der Waals surface area contributed by atoms with E-state index in [4.69, 9.17) is 9.47 Å². The molecule has 1 fully saturated rings. The Hall–Kier alpha value is -1.10. The van der Waals surface area contributed by atoms with Gasteiger partial charge in [0.25, 0.3) is 0 Å². The van der Waals surface area contributed by atoms with Crippen molar-refractivity contribution in [1.29, 1.82) is 0 Å². The molecule has 0 heterocycles. The van der Waals surface area contributed by atoms with Gasteiger partial charge in [0.05, 0.1) is 0 Å². The van der Waals surface area contributed by atoms with Crippen molar-refractivity contribution in [2.24, 2.45) is 5.41 Å². The molecule has 2 atom stereocenters. The predicted molar refractivity (Wildman–Crippen MR) is 135 cm³/mol. The average molecular weight is 526 g/mol. The van der Waals surface area contributed by atoms with Crippen LogP contribution >= 0.6 is 0 Å². The zero-order valence-corrected chi connectivity index (χ0v) is 24.1. The Bertz CT molecular complexity index is 754. The van der Waals surface area contributed by atoms with E-state index in [-0.39, 0.29) is 19.8 Å². The fourth-order valence-corrected chi connectivity index (χ4v) is 14.7. The van der Waals surface area contributed by atoms with Crippen molar-refractivity contribution >= 4 is 39.4 Å². The van der Waals surface area contributed by atoms with Crippen molar-refractivity contribution in [1.82, 2.24) is 0 Å². The van der Waals surface area contributed by atoms with Crippen LogP contribution in [0, 0.1) is 5.41 Å². The minimum absolute atomic E-state index is 0.0320. The van der Waals surface area contributed by atoms with E-state index in [1.54, 1.807) is 0 Å². The van der Waals surface area contributed by atoms with Gasteiger partial charge in [0, 0.05) is 0 Å². The van der Waals surface area contributed by atoms with Gasteiger partial charge >= 0.3 is 203 Å². The van der Waals surface area contributed by atoms with E-state index in [0.717, 1.165) is 0 Å². The molecule has 32 heavy (non-hydrogen) atoms.